The lowest BCUT2D eigenvalue weighted by Crippen LogP contribution is -2.25. The number of amides is 1. The normalized spacial score (nSPS) is 13.3. The molecule has 2 aromatic rings. The van der Waals surface area contributed by atoms with Gasteiger partial charge in [-0.15, -0.1) is 0 Å². The summed E-state index contributed by atoms with van der Waals surface area (Å²) in [7, 11) is 1.60. The largest absolute Gasteiger partial charge is 0.497 e. The molecule has 3 aliphatic rings. The van der Waals surface area contributed by atoms with Gasteiger partial charge < -0.3 is 10.1 Å². The predicted molar refractivity (Wildman–Crippen MR) is 134 cm³/mol. The molecule has 1 aliphatic carbocycles. The molecule has 10 heteroatoms. The minimum absolute atomic E-state index is 0.212. The molecule has 0 aromatic heterocycles. The van der Waals surface area contributed by atoms with Gasteiger partial charge in [-0.05, 0) is 49.1 Å². The highest BCUT2D eigenvalue weighted by atomic mass is 35.5. The minimum atomic E-state index is -0.382. The van der Waals surface area contributed by atoms with E-state index >= 15 is 0 Å². The average molecular weight is 512 g/mol. The SMILES string of the molecule is CCc1[nH]n(-c2c(Cl)cc(C(=O)NC3CC3)cc2Cl)c2nc(Cc3cccc(OC)c3)nc(=O)c1-2. The monoisotopic (exact) mass is 511 g/mol. The third-order valence-corrected chi connectivity index (χ3v) is 6.50. The van der Waals surface area contributed by atoms with Gasteiger partial charge in [-0.2, -0.15) is 4.98 Å². The van der Waals surface area contributed by atoms with Gasteiger partial charge in [-0.3, -0.25) is 14.7 Å². The summed E-state index contributed by atoms with van der Waals surface area (Å²) in [5, 5.41) is 6.65. The number of fused-ring (bicyclic) bond motifs is 1. The molecule has 2 N–H and O–H groups in total. The van der Waals surface area contributed by atoms with Crippen molar-refractivity contribution in [3.63, 3.8) is 0 Å². The molecular weight excluding hydrogens is 489 g/mol. The van der Waals surface area contributed by atoms with Crippen molar-refractivity contribution in [2.24, 2.45) is 0 Å². The van der Waals surface area contributed by atoms with Crippen molar-refractivity contribution in [3.8, 4) is 22.8 Å². The number of nitrogens with zero attached hydrogens (tertiary/aromatic N) is 3. The number of halogens is 2. The molecule has 0 spiro atoms. The highest BCUT2D eigenvalue weighted by Gasteiger charge is 2.27. The molecule has 8 nitrogen and oxygen atoms in total. The summed E-state index contributed by atoms with van der Waals surface area (Å²) in [4.78, 5) is 34.5. The molecule has 1 amide bonds. The van der Waals surface area contributed by atoms with Gasteiger partial charge in [-0.1, -0.05) is 42.3 Å². The quantitative estimate of drug-likeness (QED) is 0.382. The first-order chi connectivity index (χ1) is 16.9. The summed E-state index contributed by atoms with van der Waals surface area (Å²) in [6.45, 7) is 1.92. The van der Waals surface area contributed by atoms with Crippen LogP contribution in [-0.4, -0.2) is 38.8 Å². The van der Waals surface area contributed by atoms with Crippen LogP contribution in [0, 0.1) is 0 Å². The fourth-order valence-electron chi connectivity index (χ4n) is 4.01. The second kappa shape index (κ2) is 9.36. The predicted octanol–water partition coefficient (Wildman–Crippen LogP) is 4.42. The number of carbonyl (C=O) groups is 1. The second-order valence-corrected chi connectivity index (χ2v) is 9.30. The van der Waals surface area contributed by atoms with Crippen molar-refractivity contribution >= 4 is 29.1 Å². The van der Waals surface area contributed by atoms with Gasteiger partial charge in [0.1, 0.15) is 22.8 Å². The number of carbonyl (C=O) groups excluding carboxylic acids is 1. The van der Waals surface area contributed by atoms with Gasteiger partial charge in [0.25, 0.3) is 11.5 Å². The van der Waals surface area contributed by atoms with Crippen LogP contribution in [0.25, 0.3) is 17.1 Å². The summed E-state index contributed by atoms with van der Waals surface area (Å²) < 4.78 is 6.89. The maximum atomic E-state index is 13.0. The Labute approximate surface area is 211 Å². The van der Waals surface area contributed by atoms with Gasteiger partial charge in [0, 0.05) is 23.7 Å². The molecule has 180 valence electrons. The van der Waals surface area contributed by atoms with Crippen LogP contribution in [0.15, 0.2) is 41.2 Å². The van der Waals surface area contributed by atoms with Gasteiger partial charge in [0.2, 0.25) is 0 Å². The molecule has 0 radical (unpaired) electrons. The van der Waals surface area contributed by atoms with Crippen molar-refractivity contribution in [3.05, 3.63) is 79.4 Å². The van der Waals surface area contributed by atoms with Gasteiger partial charge >= 0.3 is 0 Å². The number of ether oxygens (including phenoxy) is 1. The first-order valence-electron chi connectivity index (χ1n) is 11.3. The third kappa shape index (κ3) is 4.63. The summed E-state index contributed by atoms with van der Waals surface area (Å²) in [5.41, 5.74) is 2.35. The van der Waals surface area contributed by atoms with Crippen LogP contribution < -0.4 is 15.6 Å². The number of hydrogen-bond acceptors (Lipinski definition) is 5. The number of benzene rings is 2. The van der Waals surface area contributed by atoms with Crippen molar-refractivity contribution in [2.45, 2.75) is 38.6 Å². The van der Waals surface area contributed by atoms with Crippen LogP contribution in [-0.2, 0) is 12.8 Å². The molecular formula is C25H23Cl2N5O3. The van der Waals surface area contributed by atoms with E-state index in [1.165, 1.54) is 0 Å². The van der Waals surface area contributed by atoms with Crippen LogP contribution in [0.4, 0.5) is 0 Å². The van der Waals surface area contributed by atoms with E-state index < -0.39 is 0 Å². The first-order valence-corrected chi connectivity index (χ1v) is 12.1. The number of methoxy groups -OCH3 is 1. The number of aromatic nitrogens is 4. The van der Waals surface area contributed by atoms with Gasteiger partial charge in [0.15, 0.2) is 5.82 Å². The molecule has 35 heavy (non-hydrogen) atoms. The molecule has 0 atom stereocenters. The summed E-state index contributed by atoms with van der Waals surface area (Å²) in [6, 6.07) is 10.9. The zero-order chi connectivity index (χ0) is 24.7. The Bertz CT molecular complexity index is 1430. The zero-order valence-electron chi connectivity index (χ0n) is 19.2. The molecule has 1 fully saturated rings. The van der Waals surface area contributed by atoms with Crippen molar-refractivity contribution in [1.29, 1.82) is 0 Å². The van der Waals surface area contributed by atoms with Crippen molar-refractivity contribution in [2.75, 3.05) is 7.11 Å². The minimum Gasteiger partial charge on any atom is -0.497 e. The number of aryl methyl sites for hydroxylation is 1. The molecule has 1 saturated carbocycles. The average Bonchev–Trinajstić information content (AvgIpc) is 3.57. The molecule has 2 heterocycles. The smallest absolute Gasteiger partial charge is 0.284 e. The van der Waals surface area contributed by atoms with Gasteiger partial charge in [0.05, 0.1) is 17.2 Å². The maximum absolute atomic E-state index is 13.0. The lowest BCUT2D eigenvalue weighted by atomic mass is 10.1. The van der Waals surface area contributed by atoms with E-state index in [0.717, 1.165) is 18.4 Å². The number of H-pyrrole nitrogens is 1. The van der Waals surface area contributed by atoms with E-state index in [2.05, 4.69) is 15.4 Å². The molecule has 0 bridgehead atoms. The Hall–Kier alpha value is -3.36. The molecule has 2 aliphatic heterocycles. The molecule has 2 aromatic carbocycles. The van der Waals surface area contributed by atoms with Crippen LogP contribution in [0.2, 0.25) is 10.0 Å². The summed E-state index contributed by atoms with van der Waals surface area (Å²) in [6.07, 6.45) is 2.85. The first kappa shape index (κ1) is 23.4. The topological polar surface area (TPSA) is 102 Å². The van der Waals surface area contributed by atoms with E-state index in [1.54, 1.807) is 23.9 Å². The van der Waals surface area contributed by atoms with E-state index in [1.807, 2.05) is 31.2 Å². The Kier molecular flexibility index (Phi) is 6.25. The maximum Gasteiger partial charge on any atom is 0.284 e. The summed E-state index contributed by atoms with van der Waals surface area (Å²) >= 11 is 13.2. The van der Waals surface area contributed by atoms with Crippen molar-refractivity contribution < 1.29 is 9.53 Å². The van der Waals surface area contributed by atoms with Crippen LogP contribution >= 0.6 is 23.2 Å². The lowest BCUT2D eigenvalue weighted by molar-refractivity contribution is 0.0951. The molecule has 0 saturated heterocycles. The third-order valence-electron chi connectivity index (χ3n) is 5.93. The number of nitrogens with one attached hydrogen (secondary N) is 2. The lowest BCUT2D eigenvalue weighted by Gasteiger charge is -2.13. The van der Waals surface area contributed by atoms with Gasteiger partial charge in [-0.25, -0.2) is 9.67 Å². The van der Waals surface area contributed by atoms with Crippen LogP contribution in [0.5, 0.6) is 5.75 Å². The summed E-state index contributed by atoms with van der Waals surface area (Å²) in [5.74, 6) is 1.22. The highest BCUT2D eigenvalue weighted by molar-refractivity contribution is 6.38. The number of hydrogen-bond donors (Lipinski definition) is 2. The van der Waals surface area contributed by atoms with Crippen LogP contribution in [0.1, 0.15) is 47.2 Å². The standard InChI is InChI=1S/C25H23Cl2N5O3/c1-3-19-21-23(29-20(30-25(21)34)10-13-5-4-6-16(9-13)35-2)32(31-19)22-17(26)11-14(12-18(22)27)24(33)28-15-7-8-15/h4-6,9,11-12,15,31H,3,7-8,10H2,1-2H3,(H,28,33). The Morgan fingerprint density at radius 2 is 1.94 bits per heavy atom. The number of aromatic amines is 1. The zero-order valence-corrected chi connectivity index (χ0v) is 20.7. The van der Waals surface area contributed by atoms with E-state index in [0.29, 0.717) is 52.7 Å². The van der Waals surface area contributed by atoms with Crippen molar-refractivity contribution in [1.82, 2.24) is 25.1 Å². The Balaban J connectivity index is 1.59. The highest BCUT2D eigenvalue weighted by Crippen LogP contribution is 2.34. The Morgan fingerprint density at radius 1 is 1.20 bits per heavy atom. The van der Waals surface area contributed by atoms with Crippen LogP contribution in [0.3, 0.4) is 0 Å². The number of rotatable bonds is 7. The molecule has 0 unspecified atom stereocenters. The Morgan fingerprint density at radius 3 is 2.60 bits per heavy atom. The fourth-order valence-corrected chi connectivity index (χ4v) is 4.67. The fraction of sp³-hybridized carbons (Fsp3) is 0.280. The van der Waals surface area contributed by atoms with E-state index in [9.17, 15) is 9.59 Å². The van der Waals surface area contributed by atoms with E-state index in [4.69, 9.17) is 32.9 Å². The van der Waals surface area contributed by atoms with E-state index in [-0.39, 0.29) is 27.6 Å². The molecule has 5 rings (SSSR count). The second-order valence-electron chi connectivity index (χ2n) is 8.49.